The molecule has 0 fully saturated rings. The smallest absolute Gasteiger partial charge is 0.140 e. The summed E-state index contributed by atoms with van der Waals surface area (Å²) in [6.45, 7) is 10.9. The molecule has 0 bridgehead atoms. The maximum Gasteiger partial charge on any atom is 0.140 e. The molecule has 0 unspecified atom stereocenters. The van der Waals surface area contributed by atoms with Crippen molar-refractivity contribution in [3.05, 3.63) is 44.9 Å². The molecule has 2 aromatic rings. The van der Waals surface area contributed by atoms with Gasteiger partial charge in [-0.1, -0.05) is 26.0 Å². The predicted octanol–water partition coefficient (Wildman–Crippen LogP) is 4.01. The van der Waals surface area contributed by atoms with Crippen LogP contribution in [0.5, 0.6) is 5.75 Å². The van der Waals surface area contributed by atoms with Crippen LogP contribution in [0.15, 0.2) is 18.2 Å². The van der Waals surface area contributed by atoms with Crippen LogP contribution in [0.1, 0.15) is 40.6 Å². The molecule has 1 heterocycles. The van der Waals surface area contributed by atoms with E-state index in [2.05, 4.69) is 39.1 Å². The Morgan fingerprint density at radius 3 is 2.76 bits per heavy atom. The molecule has 2 rings (SSSR count). The molecule has 1 aromatic heterocycles. The summed E-state index contributed by atoms with van der Waals surface area (Å²) in [5, 5.41) is 4.43. The number of aryl methyl sites for hydroxylation is 2. The first-order valence-electron chi connectivity index (χ1n) is 7.52. The molecular weight excluding hydrogens is 280 g/mol. The molecule has 1 aromatic carbocycles. The highest BCUT2D eigenvalue weighted by atomic mass is 32.1. The van der Waals surface area contributed by atoms with Gasteiger partial charge in [0.25, 0.3) is 0 Å². The van der Waals surface area contributed by atoms with Gasteiger partial charge >= 0.3 is 0 Å². The molecule has 0 saturated carbocycles. The minimum atomic E-state index is 0.550. The van der Waals surface area contributed by atoms with Crippen molar-refractivity contribution in [2.45, 2.75) is 47.3 Å². The van der Waals surface area contributed by atoms with Crippen molar-refractivity contribution >= 4 is 11.3 Å². The van der Waals surface area contributed by atoms with Gasteiger partial charge in [0.05, 0.1) is 5.69 Å². The molecule has 114 valence electrons. The fourth-order valence-electron chi connectivity index (χ4n) is 2.17. The first-order valence-corrected chi connectivity index (χ1v) is 8.34. The van der Waals surface area contributed by atoms with Crippen molar-refractivity contribution in [1.82, 2.24) is 10.3 Å². The van der Waals surface area contributed by atoms with E-state index in [-0.39, 0.29) is 0 Å². The Balaban J connectivity index is 2.06. The van der Waals surface area contributed by atoms with Gasteiger partial charge in [0, 0.05) is 11.4 Å². The van der Waals surface area contributed by atoms with E-state index in [1.165, 1.54) is 21.7 Å². The topological polar surface area (TPSA) is 34.1 Å². The fourth-order valence-corrected chi connectivity index (χ4v) is 3.21. The second-order valence-electron chi connectivity index (χ2n) is 5.10. The van der Waals surface area contributed by atoms with E-state index in [4.69, 9.17) is 9.72 Å². The summed E-state index contributed by atoms with van der Waals surface area (Å²) in [6, 6.07) is 6.17. The van der Waals surface area contributed by atoms with E-state index in [1.807, 2.05) is 12.1 Å². The number of benzene rings is 1. The van der Waals surface area contributed by atoms with E-state index in [9.17, 15) is 0 Å². The first-order chi connectivity index (χ1) is 10.2. The predicted molar refractivity (Wildman–Crippen MR) is 89.1 cm³/mol. The standard InChI is InChI=1S/C17H24N2OS/c1-5-14-16(10-18-6-2)21-17(19-14)11-20-15-9-7-8-12(3)13(15)4/h7-9,18H,5-6,10-11H2,1-4H3. The van der Waals surface area contributed by atoms with Crippen molar-refractivity contribution in [2.24, 2.45) is 0 Å². The third kappa shape index (κ3) is 4.05. The van der Waals surface area contributed by atoms with Crippen LogP contribution in [0.25, 0.3) is 0 Å². The van der Waals surface area contributed by atoms with Crippen LogP contribution in [-0.4, -0.2) is 11.5 Å². The second-order valence-corrected chi connectivity index (χ2v) is 6.27. The number of nitrogens with one attached hydrogen (secondary N) is 1. The van der Waals surface area contributed by atoms with Crippen LogP contribution in [0.2, 0.25) is 0 Å². The number of hydrogen-bond donors (Lipinski definition) is 1. The third-order valence-electron chi connectivity index (χ3n) is 3.60. The fraction of sp³-hybridized carbons (Fsp3) is 0.471. The number of rotatable bonds is 7. The van der Waals surface area contributed by atoms with Gasteiger partial charge in [-0.15, -0.1) is 11.3 Å². The molecule has 0 atom stereocenters. The molecule has 4 heteroatoms. The Hall–Kier alpha value is -1.39. The average Bonchev–Trinajstić information content (AvgIpc) is 2.89. The number of thiazole rings is 1. The maximum atomic E-state index is 5.95. The molecule has 0 radical (unpaired) electrons. The molecule has 3 nitrogen and oxygen atoms in total. The zero-order chi connectivity index (χ0) is 15.2. The van der Waals surface area contributed by atoms with E-state index < -0.39 is 0 Å². The Morgan fingerprint density at radius 2 is 2.05 bits per heavy atom. The monoisotopic (exact) mass is 304 g/mol. The molecule has 1 N–H and O–H groups in total. The summed E-state index contributed by atoms with van der Waals surface area (Å²) in [4.78, 5) is 6.03. The lowest BCUT2D eigenvalue weighted by molar-refractivity contribution is 0.303. The normalized spacial score (nSPS) is 10.9. The van der Waals surface area contributed by atoms with Crippen molar-refractivity contribution < 1.29 is 4.74 Å². The lowest BCUT2D eigenvalue weighted by Gasteiger charge is -2.09. The molecule has 0 spiro atoms. The number of aromatic nitrogens is 1. The summed E-state index contributed by atoms with van der Waals surface area (Å²) in [6.07, 6.45) is 0.973. The molecular formula is C17H24N2OS. The molecule has 0 saturated heterocycles. The Labute approximate surface area is 131 Å². The van der Waals surface area contributed by atoms with Gasteiger partial charge in [0.1, 0.15) is 17.4 Å². The second kappa shape index (κ2) is 7.57. The van der Waals surface area contributed by atoms with Crippen molar-refractivity contribution in [1.29, 1.82) is 0 Å². The van der Waals surface area contributed by atoms with Crippen LogP contribution in [0.4, 0.5) is 0 Å². The average molecular weight is 304 g/mol. The molecule has 21 heavy (non-hydrogen) atoms. The highest BCUT2D eigenvalue weighted by molar-refractivity contribution is 7.11. The van der Waals surface area contributed by atoms with Crippen LogP contribution in [0.3, 0.4) is 0 Å². The minimum absolute atomic E-state index is 0.550. The van der Waals surface area contributed by atoms with Gasteiger partial charge in [-0.05, 0) is 44.0 Å². The molecule has 0 aliphatic carbocycles. The van der Waals surface area contributed by atoms with Crippen LogP contribution < -0.4 is 10.1 Å². The van der Waals surface area contributed by atoms with Crippen LogP contribution in [0, 0.1) is 13.8 Å². The number of hydrogen-bond acceptors (Lipinski definition) is 4. The first kappa shape index (κ1) is 16.0. The Morgan fingerprint density at radius 1 is 1.24 bits per heavy atom. The summed E-state index contributed by atoms with van der Waals surface area (Å²) < 4.78 is 5.95. The van der Waals surface area contributed by atoms with Crippen molar-refractivity contribution in [3.8, 4) is 5.75 Å². The molecule has 0 aliphatic rings. The van der Waals surface area contributed by atoms with Crippen LogP contribution in [-0.2, 0) is 19.6 Å². The van der Waals surface area contributed by atoms with Gasteiger partial charge in [0.15, 0.2) is 0 Å². The number of ether oxygens (including phenoxy) is 1. The summed E-state index contributed by atoms with van der Waals surface area (Å²) in [5.41, 5.74) is 3.66. The number of nitrogens with zero attached hydrogens (tertiary/aromatic N) is 1. The zero-order valence-corrected chi connectivity index (χ0v) is 14.1. The van der Waals surface area contributed by atoms with E-state index >= 15 is 0 Å². The molecule has 0 aliphatic heterocycles. The van der Waals surface area contributed by atoms with E-state index in [1.54, 1.807) is 11.3 Å². The van der Waals surface area contributed by atoms with Gasteiger partial charge in [-0.2, -0.15) is 0 Å². The maximum absolute atomic E-state index is 5.95. The SMILES string of the molecule is CCNCc1sc(COc2cccc(C)c2C)nc1CC. The third-order valence-corrected chi connectivity index (χ3v) is 4.67. The minimum Gasteiger partial charge on any atom is -0.486 e. The zero-order valence-electron chi connectivity index (χ0n) is 13.3. The Kier molecular flexibility index (Phi) is 5.76. The van der Waals surface area contributed by atoms with Crippen molar-refractivity contribution in [3.63, 3.8) is 0 Å². The quantitative estimate of drug-likeness (QED) is 0.839. The Bertz CT molecular complexity index is 592. The largest absolute Gasteiger partial charge is 0.486 e. The van der Waals surface area contributed by atoms with Crippen LogP contribution >= 0.6 is 11.3 Å². The lowest BCUT2D eigenvalue weighted by atomic mass is 10.1. The summed E-state index contributed by atoms with van der Waals surface area (Å²) in [5.74, 6) is 0.955. The molecule has 0 amide bonds. The highest BCUT2D eigenvalue weighted by Crippen LogP contribution is 2.24. The van der Waals surface area contributed by atoms with Gasteiger partial charge < -0.3 is 10.1 Å². The van der Waals surface area contributed by atoms with E-state index in [0.29, 0.717) is 6.61 Å². The van der Waals surface area contributed by atoms with Gasteiger partial charge in [-0.25, -0.2) is 4.98 Å². The lowest BCUT2D eigenvalue weighted by Crippen LogP contribution is -2.11. The summed E-state index contributed by atoms with van der Waals surface area (Å²) in [7, 11) is 0. The van der Waals surface area contributed by atoms with Crippen molar-refractivity contribution in [2.75, 3.05) is 6.54 Å². The van der Waals surface area contributed by atoms with E-state index in [0.717, 1.165) is 30.3 Å². The highest BCUT2D eigenvalue weighted by Gasteiger charge is 2.10. The van der Waals surface area contributed by atoms with Gasteiger partial charge in [0.2, 0.25) is 0 Å². The van der Waals surface area contributed by atoms with Gasteiger partial charge in [-0.3, -0.25) is 0 Å². The summed E-state index contributed by atoms with van der Waals surface area (Å²) >= 11 is 1.75.